The number of halogens is 1. The normalized spacial score (nSPS) is 10.8. The molecule has 0 amide bonds. The second-order valence-electron chi connectivity index (χ2n) is 2.91. The molecule has 0 aliphatic rings. The third kappa shape index (κ3) is 1.75. The summed E-state index contributed by atoms with van der Waals surface area (Å²) in [6.07, 6.45) is 0. The van der Waals surface area contributed by atoms with Crippen molar-refractivity contribution in [3.8, 4) is 10.6 Å². The molecule has 0 bridgehead atoms. The van der Waals surface area contributed by atoms with E-state index in [4.69, 9.17) is 5.11 Å². The van der Waals surface area contributed by atoms with Crippen molar-refractivity contribution in [3.63, 3.8) is 0 Å². The fraction of sp³-hybridized carbons (Fsp3) is 0.222. The Morgan fingerprint density at radius 1 is 1.57 bits per heavy atom. The molecule has 0 spiro atoms. The second-order valence-corrected chi connectivity index (χ2v) is 5.37. The van der Waals surface area contributed by atoms with Crippen LogP contribution in [0, 0.1) is 0 Å². The molecule has 0 unspecified atom stereocenters. The first-order valence-corrected chi connectivity index (χ1v) is 5.71. The minimum Gasteiger partial charge on any atom is -0.390 e. The van der Waals surface area contributed by atoms with Gasteiger partial charge in [0.2, 0.25) is 0 Å². The number of aliphatic hydroxyl groups excluding tert-OH is 1. The Hall–Kier alpha value is -0.650. The molecule has 0 aliphatic carbocycles. The smallest absolute Gasteiger partial charge is 0.103 e. The van der Waals surface area contributed by atoms with Crippen molar-refractivity contribution in [1.29, 1.82) is 0 Å². The molecule has 74 valence electrons. The highest BCUT2D eigenvalue weighted by Crippen LogP contribution is 2.30. The molecule has 3 nitrogen and oxygen atoms in total. The van der Waals surface area contributed by atoms with E-state index in [1.54, 1.807) is 16.0 Å². The van der Waals surface area contributed by atoms with Crippen molar-refractivity contribution >= 4 is 27.3 Å². The number of hydrogen-bond donors (Lipinski definition) is 1. The van der Waals surface area contributed by atoms with Gasteiger partial charge in [-0.3, -0.25) is 4.68 Å². The van der Waals surface area contributed by atoms with Crippen molar-refractivity contribution in [2.75, 3.05) is 0 Å². The molecule has 0 atom stereocenters. The SMILES string of the molecule is Cn1nc(-c2ccc(Br)s2)cc1CO. The van der Waals surface area contributed by atoms with Gasteiger partial charge in [0.05, 0.1) is 21.0 Å². The van der Waals surface area contributed by atoms with Crippen LogP contribution in [0.4, 0.5) is 0 Å². The molecule has 0 aliphatic heterocycles. The maximum absolute atomic E-state index is 9.02. The Labute approximate surface area is 94.1 Å². The van der Waals surface area contributed by atoms with Gasteiger partial charge in [-0.1, -0.05) is 0 Å². The number of rotatable bonds is 2. The van der Waals surface area contributed by atoms with E-state index in [2.05, 4.69) is 21.0 Å². The van der Waals surface area contributed by atoms with Crippen LogP contribution in [0.15, 0.2) is 22.0 Å². The lowest BCUT2D eigenvalue weighted by Crippen LogP contribution is -1.96. The van der Waals surface area contributed by atoms with Gasteiger partial charge in [0, 0.05) is 7.05 Å². The summed E-state index contributed by atoms with van der Waals surface area (Å²) in [7, 11) is 1.83. The molecule has 0 radical (unpaired) electrons. The van der Waals surface area contributed by atoms with Crippen LogP contribution in [-0.4, -0.2) is 14.9 Å². The maximum atomic E-state index is 9.02. The molecule has 0 saturated carbocycles. The molecule has 2 heterocycles. The Morgan fingerprint density at radius 3 is 2.86 bits per heavy atom. The number of aliphatic hydroxyl groups is 1. The standard InChI is InChI=1S/C9H9BrN2OS/c1-12-6(5-13)4-7(11-12)8-2-3-9(10)14-8/h2-4,13H,5H2,1H3. The molecule has 0 saturated heterocycles. The molecular formula is C9H9BrN2OS. The topological polar surface area (TPSA) is 38.0 Å². The Balaban J connectivity index is 2.42. The molecular weight excluding hydrogens is 264 g/mol. The number of thiophene rings is 1. The van der Waals surface area contributed by atoms with E-state index in [1.165, 1.54) is 0 Å². The zero-order valence-corrected chi connectivity index (χ0v) is 9.97. The average molecular weight is 273 g/mol. The summed E-state index contributed by atoms with van der Waals surface area (Å²) >= 11 is 5.04. The lowest BCUT2D eigenvalue weighted by molar-refractivity contribution is 0.270. The van der Waals surface area contributed by atoms with Gasteiger partial charge in [0.15, 0.2) is 0 Å². The number of aryl methyl sites for hydroxylation is 1. The second kappa shape index (κ2) is 3.84. The van der Waals surface area contributed by atoms with E-state index in [0.717, 1.165) is 20.1 Å². The fourth-order valence-electron chi connectivity index (χ4n) is 1.23. The summed E-state index contributed by atoms with van der Waals surface area (Å²) in [4.78, 5) is 1.10. The van der Waals surface area contributed by atoms with Crippen LogP contribution in [0.3, 0.4) is 0 Å². The van der Waals surface area contributed by atoms with E-state index in [0.29, 0.717) is 0 Å². The van der Waals surface area contributed by atoms with Gasteiger partial charge in [-0.2, -0.15) is 5.10 Å². The van der Waals surface area contributed by atoms with Gasteiger partial charge < -0.3 is 5.11 Å². The summed E-state index contributed by atoms with van der Waals surface area (Å²) in [5.41, 5.74) is 1.73. The van der Waals surface area contributed by atoms with E-state index >= 15 is 0 Å². The highest BCUT2D eigenvalue weighted by atomic mass is 79.9. The van der Waals surface area contributed by atoms with E-state index in [-0.39, 0.29) is 6.61 Å². The molecule has 1 N–H and O–H groups in total. The van der Waals surface area contributed by atoms with Crippen LogP contribution in [0.5, 0.6) is 0 Å². The van der Waals surface area contributed by atoms with Crippen LogP contribution in [0.25, 0.3) is 10.6 Å². The Kier molecular flexibility index (Phi) is 2.71. The molecule has 14 heavy (non-hydrogen) atoms. The minimum atomic E-state index is 0.0239. The first kappa shape index (κ1) is 9.89. The highest BCUT2D eigenvalue weighted by molar-refractivity contribution is 9.11. The van der Waals surface area contributed by atoms with Crippen molar-refractivity contribution in [2.24, 2.45) is 7.05 Å². The number of nitrogens with zero attached hydrogens (tertiary/aromatic N) is 2. The fourth-order valence-corrected chi connectivity index (χ4v) is 2.57. The number of aromatic nitrogens is 2. The minimum absolute atomic E-state index is 0.0239. The quantitative estimate of drug-likeness (QED) is 0.912. The van der Waals surface area contributed by atoms with Gasteiger partial charge >= 0.3 is 0 Å². The first-order valence-electron chi connectivity index (χ1n) is 4.10. The van der Waals surface area contributed by atoms with Crippen molar-refractivity contribution < 1.29 is 5.11 Å². The summed E-state index contributed by atoms with van der Waals surface area (Å²) in [6, 6.07) is 5.91. The van der Waals surface area contributed by atoms with Crippen molar-refractivity contribution in [2.45, 2.75) is 6.61 Å². The van der Waals surface area contributed by atoms with E-state index in [9.17, 15) is 0 Å². The van der Waals surface area contributed by atoms with Gasteiger partial charge in [0.1, 0.15) is 5.69 Å². The zero-order chi connectivity index (χ0) is 10.1. The molecule has 5 heteroatoms. The average Bonchev–Trinajstić information content (AvgIpc) is 2.71. The van der Waals surface area contributed by atoms with Gasteiger partial charge in [-0.15, -0.1) is 11.3 Å². The number of hydrogen-bond acceptors (Lipinski definition) is 3. The largest absolute Gasteiger partial charge is 0.390 e. The summed E-state index contributed by atoms with van der Waals surface area (Å²) in [5.74, 6) is 0. The van der Waals surface area contributed by atoms with E-state index < -0.39 is 0 Å². The predicted octanol–water partition coefficient (Wildman–Crippen LogP) is 2.40. The highest BCUT2D eigenvalue weighted by Gasteiger charge is 2.07. The molecule has 0 aromatic carbocycles. The van der Waals surface area contributed by atoms with Crippen LogP contribution in [-0.2, 0) is 13.7 Å². The molecule has 2 aromatic heterocycles. The first-order chi connectivity index (χ1) is 6.70. The monoisotopic (exact) mass is 272 g/mol. The summed E-state index contributed by atoms with van der Waals surface area (Å²) in [5, 5.41) is 13.3. The van der Waals surface area contributed by atoms with Gasteiger partial charge in [-0.05, 0) is 34.1 Å². The van der Waals surface area contributed by atoms with E-state index in [1.807, 2.05) is 25.2 Å². The Morgan fingerprint density at radius 2 is 2.36 bits per heavy atom. The Bertz CT molecular complexity index is 449. The lowest BCUT2D eigenvalue weighted by Gasteiger charge is -1.92. The van der Waals surface area contributed by atoms with Crippen molar-refractivity contribution in [3.05, 3.63) is 27.7 Å². The van der Waals surface area contributed by atoms with Crippen LogP contribution in [0.2, 0.25) is 0 Å². The van der Waals surface area contributed by atoms with Gasteiger partial charge in [-0.25, -0.2) is 0 Å². The van der Waals surface area contributed by atoms with Crippen LogP contribution < -0.4 is 0 Å². The third-order valence-corrected chi connectivity index (χ3v) is 3.61. The maximum Gasteiger partial charge on any atom is 0.103 e. The molecule has 0 fully saturated rings. The predicted molar refractivity (Wildman–Crippen MR) is 60.1 cm³/mol. The summed E-state index contributed by atoms with van der Waals surface area (Å²) < 4.78 is 2.78. The molecule has 2 rings (SSSR count). The zero-order valence-electron chi connectivity index (χ0n) is 7.57. The molecule has 2 aromatic rings. The van der Waals surface area contributed by atoms with Crippen LogP contribution in [0.1, 0.15) is 5.69 Å². The van der Waals surface area contributed by atoms with Gasteiger partial charge in [0.25, 0.3) is 0 Å². The third-order valence-electron chi connectivity index (χ3n) is 1.96. The summed E-state index contributed by atoms with van der Waals surface area (Å²) in [6.45, 7) is 0.0239. The lowest BCUT2D eigenvalue weighted by atomic mass is 10.3. The van der Waals surface area contributed by atoms with Crippen LogP contribution >= 0.6 is 27.3 Å². The van der Waals surface area contributed by atoms with Crippen molar-refractivity contribution in [1.82, 2.24) is 9.78 Å².